The molecule has 0 atom stereocenters. The van der Waals surface area contributed by atoms with Crippen LogP contribution in [0.4, 0.5) is 18.3 Å². The van der Waals surface area contributed by atoms with Gasteiger partial charge < -0.3 is 5.73 Å². The Morgan fingerprint density at radius 3 is 2.67 bits per heavy atom. The van der Waals surface area contributed by atoms with Gasteiger partial charge in [-0.2, -0.15) is 13.2 Å². The number of thiazole rings is 1. The Hall–Kier alpha value is -0.430. The van der Waals surface area contributed by atoms with Gasteiger partial charge in [0.1, 0.15) is 0 Å². The highest BCUT2D eigenvalue weighted by molar-refractivity contribution is 8.01. The van der Waals surface area contributed by atoms with Crippen molar-refractivity contribution in [3.05, 3.63) is 6.20 Å². The van der Waals surface area contributed by atoms with E-state index >= 15 is 0 Å². The zero-order valence-electron chi connectivity index (χ0n) is 5.76. The largest absolute Gasteiger partial charge is 0.398 e. The second-order valence-electron chi connectivity index (χ2n) is 1.92. The molecule has 7 heteroatoms. The Morgan fingerprint density at radius 1 is 1.58 bits per heavy atom. The molecule has 0 unspecified atom stereocenters. The maximum absolute atomic E-state index is 11.7. The number of nitrogens with two attached hydrogens (primary N) is 1. The maximum atomic E-state index is 11.7. The lowest BCUT2D eigenvalue weighted by Crippen LogP contribution is -2.10. The molecule has 1 heterocycles. The molecule has 0 saturated heterocycles. The third-order valence-corrected chi connectivity index (χ3v) is 2.97. The van der Waals surface area contributed by atoms with E-state index in [0.29, 0.717) is 21.1 Å². The fraction of sp³-hybridized carbons (Fsp3) is 0.400. The van der Waals surface area contributed by atoms with Crippen LogP contribution in [0.2, 0.25) is 0 Å². The number of hydrogen-bond acceptors (Lipinski definition) is 4. The summed E-state index contributed by atoms with van der Waals surface area (Å²) in [7, 11) is 0. The molecule has 0 bridgehead atoms. The first kappa shape index (κ1) is 9.66. The van der Waals surface area contributed by atoms with Crippen molar-refractivity contribution >= 4 is 28.2 Å². The lowest BCUT2D eigenvalue weighted by molar-refractivity contribution is -0.105. The molecule has 0 aliphatic carbocycles. The van der Waals surface area contributed by atoms with Crippen molar-refractivity contribution in [2.45, 2.75) is 10.4 Å². The van der Waals surface area contributed by atoms with Crippen LogP contribution in [0, 0.1) is 0 Å². The van der Waals surface area contributed by atoms with E-state index in [2.05, 4.69) is 4.98 Å². The summed E-state index contributed by atoms with van der Waals surface area (Å²) in [4.78, 5) is 3.63. The average molecular weight is 214 g/mol. The summed E-state index contributed by atoms with van der Waals surface area (Å²) < 4.78 is 35.5. The van der Waals surface area contributed by atoms with Gasteiger partial charge >= 0.3 is 6.18 Å². The predicted molar refractivity (Wildman–Crippen MR) is 43.3 cm³/mol. The molecule has 68 valence electrons. The number of rotatable bonds is 2. The second-order valence-corrected chi connectivity index (χ2v) is 4.26. The van der Waals surface area contributed by atoms with Crippen LogP contribution in [0.3, 0.4) is 0 Å². The number of aromatic nitrogens is 1. The number of alkyl halides is 3. The molecule has 0 fully saturated rings. The van der Waals surface area contributed by atoms with Crippen molar-refractivity contribution in [3.8, 4) is 0 Å². The third-order valence-electron chi connectivity index (χ3n) is 0.880. The molecule has 0 aliphatic heterocycles. The van der Waals surface area contributed by atoms with Gasteiger partial charge in [-0.05, 0) is 0 Å². The van der Waals surface area contributed by atoms with Gasteiger partial charge in [-0.15, -0.1) is 11.8 Å². The zero-order valence-corrected chi connectivity index (χ0v) is 7.39. The van der Waals surface area contributed by atoms with Crippen molar-refractivity contribution in [1.82, 2.24) is 4.98 Å². The Morgan fingerprint density at radius 2 is 2.25 bits per heavy atom. The van der Waals surface area contributed by atoms with E-state index in [1.165, 1.54) is 6.20 Å². The smallest absolute Gasteiger partial charge is 0.375 e. The number of thioether (sulfide) groups is 1. The van der Waals surface area contributed by atoms with E-state index in [9.17, 15) is 13.2 Å². The molecule has 2 nitrogen and oxygen atoms in total. The number of hydrogen-bond donors (Lipinski definition) is 1. The molecule has 2 N–H and O–H groups in total. The molecule has 0 saturated carbocycles. The topological polar surface area (TPSA) is 38.9 Å². The van der Waals surface area contributed by atoms with Gasteiger partial charge in [0.25, 0.3) is 0 Å². The second kappa shape index (κ2) is 3.53. The quantitative estimate of drug-likeness (QED) is 0.768. The minimum atomic E-state index is -4.14. The first-order valence-electron chi connectivity index (χ1n) is 2.88. The molecular formula is C5H5F3N2S2. The minimum Gasteiger partial charge on any atom is -0.375 e. The molecule has 0 spiro atoms. The molecule has 1 aromatic heterocycles. The van der Waals surface area contributed by atoms with Gasteiger partial charge in [-0.25, -0.2) is 4.98 Å². The van der Waals surface area contributed by atoms with E-state index < -0.39 is 11.9 Å². The Kier molecular flexibility index (Phi) is 2.84. The fourth-order valence-electron chi connectivity index (χ4n) is 0.492. The normalized spacial score (nSPS) is 11.9. The Bertz CT molecular complexity index is 257. The summed E-state index contributed by atoms with van der Waals surface area (Å²) in [5, 5.41) is 0.291. The van der Waals surface area contributed by atoms with E-state index in [1.807, 2.05) is 0 Å². The number of nitrogen functional groups attached to an aromatic ring is 1. The van der Waals surface area contributed by atoms with Crippen molar-refractivity contribution in [2.75, 3.05) is 11.5 Å². The van der Waals surface area contributed by atoms with Crippen LogP contribution < -0.4 is 5.73 Å². The van der Waals surface area contributed by atoms with E-state index in [-0.39, 0.29) is 0 Å². The Balaban J connectivity index is 2.44. The summed E-state index contributed by atoms with van der Waals surface area (Å²) in [5.41, 5.74) is 5.23. The maximum Gasteiger partial charge on any atom is 0.398 e. The first-order chi connectivity index (χ1) is 5.47. The van der Waals surface area contributed by atoms with Gasteiger partial charge in [-0.3, -0.25) is 0 Å². The first-order valence-corrected chi connectivity index (χ1v) is 4.68. The van der Waals surface area contributed by atoms with Crippen LogP contribution in [0.25, 0.3) is 0 Å². The summed E-state index contributed by atoms with van der Waals surface area (Å²) in [6.07, 6.45) is -2.79. The average Bonchev–Trinajstić information content (AvgIpc) is 2.30. The zero-order chi connectivity index (χ0) is 9.19. The van der Waals surface area contributed by atoms with Crippen LogP contribution in [0.5, 0.6) is 0 Å². The van der Waals surface area contributed by atoms with Gasteiger partial charge in [0.05, 0.1) is 16.2 Å². The monoisotopic (exact) mass is 214 g/mol. The highest BCUT2D eigenvalue weighted by atomic mass is 32.2. The molecule has 12 heavy (non-hydrogen) atoms. The minimum absolute atomic E-state index is 0.291. The number of halogens is 3. The summed E-state index contributed by atoms with van der Waals surface area (Å²) in [6.45, 7) is 0. The van der Waals surface area contributed by atoms with Gasteiger partial charge in [0.15, 0.2) is 5.13 Å². The fourth-order valence-corrected chi connectivity index (χ4v) is 2.01. The molecule has 1 rings (SSSR count). The standard InChI is InChI=1S/C5H5F3N2S2/c6-5(7,8)2-11-3-1-10-4(9)12-3/h1H,2H2,(H2,9,10). The van der Waals surface area contributed by atoms with Gasteiger partial charge in [0.2, 0.25) is 0 Å². The van der Waals surface area contributed by atoms with Crippen molar-refractivity contribution in [1.29, 1.82) is 0 Å². The number of nitrogens with zero attached hydrogens (tertiary/aromatic N) is 1. The van der Waals surface area contributed by atoms with E-state index in [1.54, 1.807) is 0 Å². The van der Waals surface area contributed by atoms with Crippen LogP contribution in [0.15, 0.2) is 10.4 Å². The summed E-state index contributed by atoms with van der Waals surface area (Å²) >= 11 is 1.76. The lowest BCUT2D eigenvalue weighted by Gasteiger charge is -2.02. The van der Waals surface area contributed by atoms with E-state index in [4.69, 9.17) is 5.73 Å². The SMILES string of the molecule is Nc1ncc(SCC(F)(F)F)s1. The van der Waals surface area contributed by atoms with E-state index in [0.717, 1.165) is 11.3 Å². The molecule has 0 aromatic carbocycles. The third kappa shape index (κ3) is 3.31. The summed E-state index contributed by atoms with van der Waals surface area (Å²) in [5.74, 6) is -0.894. The highest BCUT2D eigenvalue weighted by Gasteiger charge is 2.27. The van der Waals surface area contributed by atoms with Crippen molar-refractivity contribution in [3.63, 3.8) is 0 Å². The molecule has 0 aliphatic rings. The highest BCUT2D eigenvalue weighted by Crippen LogP contribution is 2.31. The van der Waals surface area contributed by atoms with Crippen LogP contribution in [0.1, 0.15) is 0 Å². The molecule has 1 aromatic rings. The predicted octanol–water partition coefficient (Wildman–Crippen LogP) is 2.38. The molecule has 0 radical (unpaired) electrons. The van der Waals surface area contributed by atoms with Gasteiger partial charge in [-0.1, -0.05) is 11.3 Å². The van der Waals surface area contributed by atoms with Crippen LogP contribution in [-0.2, 0) is 0 Å². The van der Waals surface area contributed by atoms with Gasteiger partial charge in [0, 0.05) is 0 Å². The van der Waals surface area contributed by atoms with Crippen molar-refractivity contribution in [2.24, 2.45) is 0 Å². The number of anilines is 1. The van der Waals surface area contributed by atoms with Crippen LogP contribution in [-0.4, -0.2) is 16.9 Å². The lowest BCUT2D eigenvalue weighted by atomic mass is 10.8. The molecule has 0 amide bonds. The van der Waals surface area contributed by atoms with Crippen LogP contribution >= 0.6 is 23.1 Å². The Labute approximate surface area is 75.0 Å². The molecular weight excluding hydrogens is 209 g/mol. The summed E-state index contributed by atoms with van der Waals surface area (Å²) in [6, 6.07) is 0. The van der Waals surface area contributed by atoms with Crippen molar-refractivity contribution < 1.29 is 13.2 Å².